The second-order valence-electron chi connectivity index (χ2n) is 9.36. The van der Waals surface area contributed by atoms with Crippen molar-refractivity contribution >= 4 is 27.7 Å². The smallest absolute Gasteiger partial charge is 0.254 e. The van der Waals surface area contributed by atoms with Gasteiger partial charge in [-0.2, -0.15) is 0 Å². The molecule has 3 heterocycles. The molecule has 2 aromatic heterocycles. The zero-order valence-corrected chi connectivity index (χ0v) is 20.8. The summed E-state index contributed by atoms with van der Waals surface area (Å²) < 4.78 is 5.30. The van der Waals surface area contributed by atoms with E-state index in [2.05, 4.69) is 34.1 Å². The molecule has 0 N–H and O–H groups in total. The normalized spacial score (nSPS) is 14.2. The third-order valence-electron chi connectivity index (χ3n) is 7.10. The quantitative estimate of drug-likeness (QED) is 0.331. The maximum atomic E-state index is 13.8. The van der Waals surface area contributed by atoms with Crippen LogP contribution in [-0.4, -0.2) is 59.0 Å². The van der Waals surface area contributed by atoms with Gasteiger partial charge in [0.05, 0.1) is 29.4 Å². The Bertz CT molecular complexity index is 1570. The zero-order chi connectivity index (χ0) is 25.2. The van der Waals surface area contributed by atoms with E-state index < -0.39 is 0 Å². The van der Waals surface area contributed by atoms with Crippen LogP contribution >= 0.6 is 0 Å². The summed E-state index contributed by atoms with van der Waals surface area (Å²) in [6.45, 7) is 3.85. The van der Waals surface area contributed by atoms with E-state index in [0.29, 0.717) is 18.7 Å². The highest BCUT2D eigenvalue weighted by Gasteiger charge is 2.25. The second-order valence-corrected chi connectivity index (χ2v) is 9.36. The van der Waals surface area contributed by atoms with Crippen LogP contribution in [-0.2, 0) is 6.54 Å². The summed E-state index contributed by atoms with van der Waals surface area (Å²) in [5, 5.41) is 2.04. The minimum absolute atomic E-state index is 0.0554. The molecule has 0 atom stereocenters. The van der Waals surface area contributed by atoms with Crippen molar-refractivity contribution in [3.05, 3.63) is 102 Å². The molecule has 0 bridgehead atoms. The van der Waals surface area contributed by atoms with Gasteiger partial charge in [-0.1, -0.05) is 42.5 Å². The number of rotatable bonds is 5. The number of carbonyl (C=O) groups excluding carboxylic acids is 1. The van der Waals surface area contributed by atoms with E-state index in [4.69, 9.17) is 9.72 Å². The van der Waals surface area contributed by atoms with Crippen molar-refractivity contribution in [2.24, 2.45) is 0 Å². The van der Waals surface area contributed by atoms with Crippen LogP contribution in [0, 0.1) is 0 Å². The van der Waals surface area contributed by atoms with Crippen LogP contribution in [0.3, 0.4) is 0 Å². The van der Waals surface area contributed by atoms with Crippen LogP contribution in [0.4, 0.5) is 0 Å². The summed E-state index contributed by atoms with van der Waals surface area (Å²) in [5.74, 6) is 0.845. The third-order valence-corrected chi connectivity index (χ3v) is 7.10. The molecule has 1 amide bonds. The lowest BCUT2D eigenvalue weighted by molar-refractivity contribution is 0.0631. The van der Waals surface area contributed by atoms with E-state index in [-0.39, 0.29) is 5.91 Å². The van der Waals surface area contributed by atoms with Crippen LogP contribution < -0.4 is 4.74 Å². The number of methoxy groups -OCH3 is 1. The average molecular weight is 489 g/mol. The van der Waals surface area contributed by atoms with Crippen molar-refractivity contribution in [3.8, 4) is 17.0 Å². The van der Waals surface area contributed by atoms with Gasteiger partial charge in [0, 0.05) is 55.3 Å². The number of nitrogens with zero attached hydrogens (tertiary/aromatic N) is 4. The molecule has 0 aliphatic carbocycles. The Morgan fingerprint density at radius 3 is 2.49 bits per heavy atom. The lowest BCUT2D eigenvalue weighted by Gasteiger charge is -2.35. The molecule has 0 unspecified atom stereocenters. The van der Waals surface area contributed by atoms with Gasteiger partial charge >= 0.3 is 0 Å². The van der Waals surface area contributed by atoms with Crippen molar-refractivity contribution in [2.75, 3.05) is 33.3 Å². The van der Waals surface area contributed by atoms with E-state index in [9.17, 15) is 4.79 Å². The van der Waals surface area contributed by atoms with Crippen molar-refractivity contribution in [2.45, 2.75) is 6.54 Å². The van der Waals surface area contributed by atoms with Gasteiger partial charge in [-0.05, 0) is 48.0 Å². The average Bonchev–Trinajstić information content (AvgIpc) is 2.97. The number of hydrogen-bond donors (Lipinski definition) is 0. The number of fused-ring (bicyclic) bond motifs is 2. The van der Waals surface area contributed by atoms with Crippen LogP contribution in [0.2, 0.25) is 0 Å². The van der Waals surface area contributed by atoms with Crippen molar-refractivity contribution in [3.63, 3.8) is 0 Å². The number of amides is 1. The first-order chi connectivity index (χ1) is 18.2. The predicted octanol–water partition coefficient (Wildman–Crippen LogP) is 5.42. The van der Waals surface area contributed by atoms with Gasteiger partial charge in [-0.15, -0.1) is 0 Å². The standard InChI is InChI=1S/C31H28N4O2/c1-37-25-13-11-22(12-14-25)29-20-27(26-9-2-3-10-28(26)33-29)31(36)35-18-16-34(17-19-35)21-24-7-4-6-23-8-5-15-32-30(23)24/h2-15,20H,16-19,21H2,1H3. The molecule has 0 saturated carbocycles. The van der Waals surface area contributed by atoms with Gasteiger partial charge in [0.15, 0.2) is 0 Å². The molecule has 6 heteroatoms. The van der Waals surface area contributed by atoms with Crippen molar-refractivity contribution in [1.29, 1.82) is 0 Å². The first-order valence-electron chi connectivity index (χ1n) is 12.6. The van der Waals surface area contributed by atoms with Crippen LogP contribution in [0.15, 0.2) is 91.1 Å². The molecule has 1 aliphatic heterocycles. The maximum absolute atomic E-state index is 13.8. The van der Waals surface area contributed by atoms with Crippen molar-refractivity contribution in [1.82, 2.24) is 19.8 Å². The Kier molecular flexibility index (Phi) is 6.25. The number of carbonyl (C=O) groups is 1. The number of hydrogen-bond acceptors (Lipinski definition) is 5. The highest BCUT2D eigenvalue weighted by atomic mass is 16.5. The van der Waals surface area contributed by atoms with Gasteiger partial charge < -0.3 is 9.64 Å². The molecule has 6 nitrogen and oxygen atoms in total. The van der Waals surface area contributed by atoms with Crippen LogP contribution in [0.5, 0.6) is 5.75 Å². The topological polar surface area (TPSA) is 58.6 Å². The number of pyridine rings is 2. The van der Waals surface area contributed by atoms with E-state index in [1.165, 1.54) is 5.56 Å². The monoisotopic (exact) mass is 488 g/mol. The molecular formula is C31H28N4O2. The molecule has 37 heavy (non-hydrogen) atoms. The van der Waals surface area contributed by atoms with Crippen LogP contribution in [0.25, 0.3) is 33.1 Å². The fourth-order valence-electron chi connectivity index (χ4n) is 5.08. The second kappa shape index (κ2) is 9.99. The largest absolute Gasteiger partial charge is 0.497 e. The third kappa shape index (κ3) is 4.63. The summed E-state index contributed by atoms with van der Waals surface area (Å²) in [4.78, 5) is 27.6. The highest BCUT2D eigenvalue weighted by Crippen LogP contribution is 2.28. The molecule has 1 saturated heterocycles. The van der Waals surface area contributed by atoms with Gasteiger partial charge in [-0.3, -0.25) is 14.7 Å². The van der Waals surface area contributed by atoms with E-state index in [1.807, 2.05) is 71.8 Å². The fourth-order valence-corrected chi connectivity index (χ4v) is 5.08. The number of piperazine rings is 1. The van der Waals surface area contributed by atoms with Gasteiger partial charge in [0.25, 0.3) is 5.91 Å². The molecular weight excluding hydrogens is 460 g/mol. The van der Waals surface area contributed by atoms with Gasteiger partial charge in [-0.25, -0.2) is 4.98 Å². The summed E-state index contributed by atoms with van der Waals surface area (Å²) in [5.41, 5.74) is 5.53. The molecule has 6 rings (SSSR count). The molecule has 184 valence electrons. The first-order valence-corrected chi connectivity index (χ1v) is 12.6. The Hall–Kier alpha value is -4.29. The summed E-state index contributed by atoms with van der Waals surface area (Å²) in [7, 11) is 1.65. The molecule has 0 spiro atoms. The number of para-hydroxylation sites is 2. The minimum atomic E-state index is 0.0554. The van der Waals surface area contributed by atoms with E-state index in [1.54, 1.807) is 7.11 Å². The summed E-state index contributed by atoms with van der Waals surface area (Å²) in [6, 6.07) is 28.0. The summed E-state index contributed by atoms with van der Waals surface area (Å²) in [6.07, 6.45) is 1.85. The lowest BCUT2D eigenvalue weighted by Crippen LogP contribution is -2.48. The Morgan fingerprint density at radius 2 is 1.68 bits per heavy atom. The Balaban J connectivity index is 1.23. The first kappa shape index (κ1) is 23.1. The van der Waals surface area contributed by atoms with Crippen LogP contribution in [0.1, 0.15) is 15.9 Å². The lowest BCUT2D eigenvalue weighted by atomic mass is 10.0. The highest BCUT2D eigenvalue weighted by molar-refractivity contribution is 6.07. The summed E-state index contributed by atoms with van der Waals surface area (Å²) >= 11 is 0. The molecule has 1 aliphatic rings. The van der Waals surface area contributed by atoms with Crippen molar-refractivity contribution < 1.29 is 9.53 Å². The van der Waals surface area contributed by atoms with Gasteiger partial charge in [0.1, 0.15) is 5.75 Å². The SMILES string of the molecule is COc1ccc(-c2cc(C(=O)N3CCN(Cc4cccc5cccnc45)CC3)c3ccccc3n2)cc1. The van der Waals surface area contributed by atoms with E-state index >= 15 is 0 Å². The molecule has 0 radical (unpaired) electrons. The maximum Gasteiger partial charge on any atom is 0.254 e. The molecule has 3 aromatic carbocycles. The molecule has 5 aromatic rings. The molecule has 1 fully saturated rings. The number of aromatic nitrogens is 2. The number of benzene rings is 3. The fraction of sp³-hybridized carbons (Fsp3) is 0.194. The number of ether oxygens (including phenoxy) is 1. The van der Waals surface area contributed by atoms with E-state index in [0.717, 1.165) is 58.4 Å². The Morgan fingerprint density at radius 1 is 0.892 bits per heavy atom. The predicted molar refractivity (Wildman–Crippen MR) is 147 cm³/mol. The Labute approximate surface area is 216 Å². The zero-order valence-electron chi connectivity index (χ0n) is 20.8. The minimum Gasteiger partial charge on any atom is -0.497 e. The van der Waals surface area contributed by atoms with Gasteiger partial charge in [0.2, 0.25) is 0 Å².